The molecule has 160 valence electrons. The number of ketones is 1. The zero-order valence-electron chi connectivity index (χ0n) is 17.7. The number of aryl methyl sites for hydroxylation is 1. The number of nitrogens with zero attached hydrogens (tertiary/aromatic N) is 3. The van der Waals surface area contributed by atoms with Crippen LogP contribution in [0.4, 0.5) is 15.8 Å². The Morgan fingerprint density at radius 3 is 2.42 bits per heavy atom. The molecule has 2 aromatic carbocycles. The van der Waals surface area contributed by atoms with Crippen molar-refractivity contribution in [2.24, 2.45) is 0 Å². The van der Waals surface area contributed by atoms with Gasteiger partial charge in [0.2, 0.25) is 0 Å². The number of aromatic nitrogens is 2. The van der Waals surface area contributed by atoms with Crippen molar-refractivity contribution in [1.29, 1.82) is 0 Å². The van der Waals surface area contributed by atoms with Gasteiger partial charge < -0.3 is 10.2 Å². The molecule has 31 heavy (non-hydrogen) atoms. The number of piperidine rings is 1. The third kappa shape index (κ3) is 4.21. The summed E-state index contributed by atoms with van der Waals surface area (Å²) in [5, 5.41) is 7.09. The molecule has 1 aromatic heterocycles. The van der Waals surface area contributed by atoms with E-state index in [9.17, 15) is 14.0 Å². The molecule has 6 nitrogen and oxygen atoms in total. The molecule has 1 saturated heterocycles. The first kappa shape index (κ1) is 20.8. The summed E-state index contributed by atoms with van der Waals surface area (Å²) in [6, 6.07) is 13.7. The molecule has 0 atom stereocenters. The zero-order valence-corrected chi connectivity index (χ0v) is 17.7. The van der Waals surface area contributed by atoms with Crippen LogP contribution in [0.25, 0.3) is 5.69 Å². The van der Waals surface area contributed by atoms with Gasteiger partial charge in [-0.05, 0) is 63.4 Å². The van der Waals surface area contributed by atoms with Crippen LogP contribution in [-0.2, 0) is 4.79 Å². The number of benzene rings is 2. The summed E-state index contributed by atoms with van der Waals surface area (Å²) < 4.78 is 15.6. The summed E-state index contributed by atoms with van der Waals surface area (Å²) in [6.45, 7) is 5.14. The van der Waals surface area contributed by atoms with Gasteiger partial charge in [0, 0.05) is 13.1 Å². The Balaban J connectivity index is 1.61. The Labute approximate surface area is 180 Å². The minimum absolute atomic E-state index is 0.261. The molecule has 0 unspecified atom stereocenters. The van der Waals surface area contributed by atoms with Gasteiger partial charge in [0.05, 0.1) is 34.0 Å². The molecule has 1 N–H and O–H groups in total. The van der Waals surface area contributed by atoms with E-state index in [1.807, 2.05) is 30.3 Å². The molecule has 0 aliphatic carbocycles. The molecule has 1 aliphatic heterocycles. The Bertz CT molecular complexity index is 1120. The monoisotopic (exact) mass is 420 g/mol. The van der Waals surface area contributed by atoms with Gasteiger partial charge in [0.1, 0.15) is 5.82 Å². The van der Waals surface area contributed by atoms with Crippen molar-refractivity contribution in [3.05, 3.63) is 71.3 Å². The topological polar surface area (TPSA) is 67.2 Å². The summed E-state index contributed by atoms with van der Waals surface area (Å²) >= 11 is 0. The zero-order chi connectivity index (χ0) is 22.0. The number of hydrogen-bond donors (Lipinski definition) is 1. The lowest BCUT2D eigenvalue weighted by atomic mass is 10.1. The highest BCUT2D eigenvalue weighted by Crippen LogP contribution is 2.30. The van der Waals surface area contributed by atoms with Gasteiger partial charge in [-0.3, -0.25) is 9.59 Å². The highest BCUT2D eigenvalue weighted by atomic mass is 19.1. The maximum atomic E-state index is 13.9. The van der Waals surface area contributed by atoms with Crippen LogP contribution in [0.2, 0.25) is 0 Å². The van der Waals surface area contributed by atoms with E-state index in [1.54, 1.807) is 24.6 Å². The fourth-order valence-corrected chi connectivity index (χ4v) is 4.10. The fourth-order valence-electron chi connectivity index (χ4n) is 4.10. The second-order valence-corrected chi connectivity index (χ2v) is 7.79. The van der Waals surface area contributed by atoms with Crippen LogP contribution < -0.4 is 10.2 Å². The van der Waals surface area contributed by atoms with Gasteiger partial charge in [-0.25, -0.2) is 9.07 Å². The normalized spacial score (nSPS) is 13.8. The smallest absolute Gasteiger partial charge is 0.296 e. The Morgan fingerprint density at radius 1 is 1.00 bits per heavy atom. The number of amides is 1. The molecule has 1 fully saturated rings. The molecule has 0 saturated carbocycles. The second-order valence-electron chi connectivity index (χ2n) is 7.79. The predicted octanol–water partition coefficient (Wildman–Crippen LogP) is 4.44. The maximum absolute atomic E-state index is 13.9. The quantitative estimate of drug-likeness (QED) is 0.490. The lowest BCUT2D eigenvalue weighted by Crippen LogP contribution is -2.31. The van der Waals surface area contributed by atoms with Crippen LogP contribution in [0.5, 0.6) is 0 Å². The van der Waals surface area contributed by atoms with Gasteiger partial charge in [0.15, 0.2) is 0 Å². The number of nitrogens with one attached hydrogen (secondary N) is 1. The van der Waals surface area contributed by atoms with Gasteiger partial charge >= 0.3 is 0 Å². The van der Waals surface area contributed by atoms with Crippen molar-refractivity contribution in [3.63, 3.8) is 0 Å². The highest BCUT2D eigenvalue weighted by molar-refractivity contribution is 6.47. The third-order valence-electron chi connectivity index (χ3n) is 5.63. The SMILES string of the molecule is Cc1nn(-c2ccccc2)c(C)c1C(=O)C(=O)Nc1cc(F)ccc1N1CCCCC1. The van der Waals surface area contributed by atoms with Gasteiger partial charge in [-0.1, -0.05) is 18.2 Å². The molecule has 3 aromatic rings. The van der Waals surface area contributed by atoms with E-state index < -0.39 is 17.5 Å². The minimum Gasteiger partial charge on any atom is -0.370 e. The second kappa shape index (κ2) is 8.71. The van der Waals surface area contributed by atoms with Crippen molar-refractivity contribution in [2.45, 2.75) is 33.1 Å². The van der Waals surface area contributed by atoms with E-state index in [-0.39, 0.29) is 5.56 Å². The third-order valence-corrected chi connectivity index (χ3v) is 5.63. The molecular weight excluding hydrogens is 395 g/mol. The maximum Gasteiger partial charge on any atom is 0.296 e. The highest BCUT2D eigenvalue weighted by Gasteiger charge is 2.26. The standard InChI is InChI=1S/C24H25FN4O2/c1-16-22(17(2)29(27-16)19-9-5-3-6-10-19)23(30)24(31)26-20-15-18(25)11-12-21(20)28-13-7-4-8-14-28/h3,5-6,9-12,15H,4,7-8,13-14H2,1-2H3,(H,26,31). The number of hydrogen-bond acceptors (Lipinski definition) is 4. The van der Waals surface area contributed by atoms with Crippen LogP contribution in [0.1, 0.15) is 41.0 Å². The molecule has 1 aliphatic rings. The van der Waals surface area contributed by atoms with Crippen LogP contribution in [0, 0.1) is 19.7 Å². The van der Waals surface area contributed by atoms with E-state index in [0.29, 0.717) is 17.1 Å². The van der Waals surface area contributed by atoms with Crippen LogP contribution in [-0.4, -0.2) is 34.6 Å². The Kier molecular flexibility index (Phi) is 5.84. The summed E-state index contributed by atoms with van der Waals surface area (Å²) in [5.74, 6) is -1.96. The van der Waals surface area contributed by atoms with E-state index in [1.165, 1.54) is 12.1 Å². The van der Waals surface area contributed by atoms with Crippen molar-refractivity contribution in [1.82, 2.24) is 9.78 Å². The lowest BCUT2D eigenvalue weighted by molar-refractivity contribution is -0.112. The van der Waals surface area contributed by atoms with Gasteiger partial charge in [-0.15, -0.1) is 0 Å². The van der Waals surface area contributed by atoms with Crippen LogP contribution in [0.3, 0.4) is 0 Å². The average molecular weight is 420 g/mol. The molecular formula is C24H25FN4O2. The van der Waals surface area contributed by atoms with Crippen LogP contribution >= 0.6 is 0 Å². The average Bonchev–Trinajstić information content (AvgIpc) is 3.08. The van der Waals surface area contributed by atoms with E-state index in [4.69, 9.17) is 0 Å². The van der Waals surface area contributed by atoms with Gasteiger partial charge in [0.25, 0.3) is 11.7 Å². The molecule has 7 heteroatoms. The van der Waals surface area contributed by atoms with Gasteiger partial charge in [-0.2, -0.15) is 5.10 Å². The Hall–Kier alpha value is -3.48. The van der Waals surface area contributed by atoms with Crippen molar-refractivity contribution < 1.29 is 14.0 Å². The molecule has 0 spiro atoms. The first-order valence-electron chi connectivity index (χ1n) is 10.5. The number of carbonyl (C=O) groups excluding carboxylic acids is 2. The van der Waals surface area contributed by atoms with Crippen molar-refractivity contribution >= 4 is 23.1 Å². The number of anilines is 2. The number of halogens is 1. The first-order chi connectivity index (χ1) is 15.0. The minimum atomic E-state index is -0.803. The first-order valence-corrected chi connectivity index (χ1v) is 10.5. The number of rotatable bonds is 5. The summed E-state index contributed by atoms with van der Waals surface area (Å²) in [5.41, 5.74) is 3.16. The number of carbonyl (C=O) groups is 2. The number of para-hydroxylation sites is 1. The molecule has 4 rings (SSSR count). The lowest BCUT2D eigenvalue weighted by Gasteiger charge is -2.30. The van der Waals surface area contributed by atoms with Crippen LogP contribution in [0.15, 0.2) is 48.5 Å². The van der Waals surface area contributed by atoms with Crippen molar-refractivity contribution in [3.8, 4) is 5.69 Å². The Morgan fingerprint density at radius 2 is 1.71 bits per heavy atom. The molecule has 0 bridgehead atoms. The van der Waals surface area contributed by atoms with E-state index in [2.05, 4.69) is 15.3 Å². The molecule has 2 heterocycles. The summed E-state index contributed by atoms with van der Waals surface area (Å²) in [7, 11) is 0. The van der Waals surface area contributed by atoms with E-state index in [0.717, 1.165) is 43.7 Å². The predicted molar refractivity (Wildman–Crippen MR) is 118 cm³/mol. The largest absolute Gasteiger partial charge is 0.370 e. The molecule has 1 amide bonds. The fraction of sp³-hybridized carbons (Fsp3) is 0.292. The summed E-state index contributed by atoms with van der Waals surface area (Å²) in [4.78, 5) is 28.0. The molecule has 0 radical (unpaired) electrons. The van der Waals surface area contributed by atoms with Crippen molar-refractivity contribution in [2.75, 3.05) is 23.3 Å². The van der Waals surface area contributed by atoms with E-state index >= 15 is 0 Å². The number of Topliss-reactive ketones (excluding diaryl/α,β-unsaturated/α-hetero) is 1. The summed E-state index contributed by atoms with van der Waals surface area (Å²) in [6.07, 6.45) is 3.24.